The molecular weight excluding hydrogens is 218 g/mol. The van der Waals surface area contributed by atoms with Gasteiger partial charge in [0.1, 0.15) is 0 Å². The molecule has 0 heterocycles. The number of hydrogen-bond acceptors (Lipinski definition) is 4. The van der Waals surface area contributed by atoms with Gasteiger partial charge in [0, 0.05) is 0 Å². The quantitative estimate of drug-likeness (QED) is 0.739. The van der Waals surface area contributed by atoms with Crippen LogP contribution in [0.1, 0.15) is 18.4 Å². The first-order chi connectivity index (χ1) is 8.28. The number of benzene rings is 1. The first kappa shape index (κ1) is 13.6. The second kappa shape index (κ2) is 7.01. The van der Waals surface area contributed by atoms with Crippen molar-refractivity contribution in [3.63, 3.8) is 0 Å². The van der Waals surface area contributed by atoms with E-state index >= 15 is 0 Å². The van der Waals surface area contributed by atoms with Crippen LogP contribution < -0.4 is 19.9 Å². The second-order valence-corrected chi connectivity index (χ2v) is 3.74. The highest BCUT2D eigenvalue weighted by Crippen LogP contribution is 2.40. The smallest absolute Gasteiger partial charge is 0.203 e. The Morgan fingerprint density at radius 1 is 0.941 bits per heavy atom. The predicted octanol–water partition coefficient (Wildman–Crippen LogP) is 1.99. The summed E-state index contributed by atoms with van der Waals surface area (Å²) in [5.74, 6) is 2.09. The van der Waals surface area contributed by atoms with Crippen molar-refractivity contribution in [3.8, 4) is 17.2 Å². The highest BCUT2D eigenvalue weighted by Gasteiger charge is 2.14. The van der Waals surface area contributed by atoms with Gasteiger partial charge in [-0.2, -0.15) is 0 Å². The molecule has 96 valence electrons. The van der Waals surface area contributed by atoms with Crippen LogP contribution in [0, 0.1) is 0 Å². The Morgan fingerprint density at radius 3 is 2.18 bits per heavy atom. The molecule has 1 rings (SSSR count). The van der Waals surface area contributed by atoms with Gasteiger partial charge in [-0.05, 0) is 37.4 Å². The zero-order valence-corrected chi connectivity index (χ0v) is 10.8. The van der Waals surface area contributed by atoms with Gasteiger partial charge in [-0.1, -0.05) is 6.07 Å². The Bertz CT molecular complexity index is 353. The molecule has 0 saturated carbocycles. The van der Waals surface area contributed by atoms with E-state index in [1.165, 1.54) is 0 Å². The number of ether oxygens (including phenoxy) is 3. The zero-order valence-electron chi connectivity index (χ0n) is 10.8. The topological polar surface area (TPSA) is 53.7 Å². The Morgan fingerprint density at radius 2 is 1.65 bits per heavy atom. The van der Waals surface area contributed by atoms with Gasteiger partial charge in [0.2, 0.25) is 5.75 Å². The van der Waals surface area contributed by atoms with E-state index in [-0.39, 0.29) is 0 Å². The molecule has 0 atom stereocenters. The largest absolute Gasteiger partial charge is 0.493 e. The van der Waals surface area contributed by atoms with Crippen molar-refractivity contribution >= 4 is 0 Å². The monoisotopic (exact) mass is 239 g/mol. The van der Waals surface area contributed by atoms with Crippen LogP contribution in [-0.4, -0.2) is 27.9 Å². The molecule has 0 saturated heterocycles. The van der Waals surface area contributed by atoms with Gasteiger partial charge >= 0.3 is 0 Å². The van der Waals surface area contributed by atoms with Gasteiger partial charge in [0.25, 0.3) is 0 Å². The number of unbranched alkanes of at least 4 members (excludes halogenated alkanes) is 1. The van der Waals surface area contributed by atoms with E-state index in [9.17, 15) is 0 Å². The summed E-state index contributed by atoms with van der Waals surface area (Å²) in [7, 11) is 4.87. The van der Waals surface area contributed by atoms with Gasteiger partial charge in [-0.3, -0.25) is 0 Å². The molecule has 4 nitrogen and oxygen atoms in total. The van der Waals surface area contributed by atoms with Crippen LogP contribution in [0.3, 0.4) is 0 Å². The van der Waals surface area contributed by atoms with Crippen molar-refractivity contribution in [1.29, 1.82) is 0 Å². The van der Waals surface area contributed by atoms with Crippen molar-refractivity contribution in [2.24, 2.45) is 5.73 Å². The standard InChI is InChI=1S/C13H21NO3/c1-15-11-8-7-10(6-4-5-9-14)12(16-2)13(11)17-3/h7-8H,4-6,9,14H2,1-3H3. The molecule has 0 radical (unpaired) electrons. The second-order valence-electron chi connectivity index (χ2n) is 3.74. The molecule has 0 fully saturated rings. The van der Waals surface area contributed by atoms with E-state index in [1.807, 2.05) is 12.1 Å². The molecule has 2 N–H and O–H groups in total. The minimum Gasteiger partial charge on any atom is -0.493 e. The molecule has 17 heavy (non-hydrogen) atoms. The molecule has 4 heteroatoms. The zero-order chi connectivity index (χ0) is 12.7. The third-order valence-electron chi connectivity index (χ3n) is 2.69. The molecular formula is C13H21NO3. The van der Waals surface area contributed by atoms with E-state index in [4.69, 9.17) is 19.9 Å². The average Bonchev–Trinajstić information content (AvgIpc) is 2.38. The minimum atomic E-state index is 0.653. The van der Waals surface area contributed by atoms with E-state index in [0.717, 1.165) is 37.1 Å². The van der Waals surface area contributed by atoms with Crippen molar-refractivity contribution in [2.45, 2.75) is 19.3 Å². The van der Waals surface area contributed by atoms with Gasteiger partial charge < -0.3 is 19.9 Å². The summed E-state index contributed by atoms with van der Waals surface area (Å²) in [6.45, 7) is 0.718. The van der Waals surface area contributed by atoms with E-state index in [0.29, 0.717) is 11.5 Å². The molecule has 0 unspecified atom stereocenters. The number of aryl methyl sites for hydroxylation is 1. The lowest BCUT2D eigenvalue weighted by Crippen LogP contribution is -2.01. The molecule has 0 aliphatic heterocycles. The minimum absolute atomic E-state index is 0.653. The maximum atomic E-state index is 5.49. The average molecular weight is 239 g/mol. The fourth-order valence-corrected chi connectivity index (χ4v) is 1.82. The normalized spacial score (nSPS) is 10.1. The van der Waals surface area contributed by atoms with Gasteiger partial charge in [-0.25, -0.2) is 0 Å². The molecule has 0 aliphatic carbocycles. The van der Waals surface area contributed by atoms with Crippen molar-refractivity contribution in [3.05, 3.63) is 17.7 Å². The maximum absolute atomic E-state index is 5.49. The van der Waals surface area contributed by atoms with Crippen LogP contribution in [0.5, 0.6) is 17.2 Å². The highest BCUT2D eigenvalue weighted by molar-refractivity contribution is 5.55. The van der Waals surface area contributed by atoms with Gasteiger partial charge in [0.05, 0.1) is 21.3 Å². The maximum Gasteiger partial charge on any atom is 0.203 e. The Balaban J connectivity index is 2.97. The summed E-state index contributed by atoms with van der Waals surface area (Å²) in [5.41, 5.74) is 6.61. The molecule has 1 aromatic carbocycles. The molecule has 1 aromatic rings. The van der Waals surface area contributed by atoms with Crippen molar-refractivity contribution in [1.82, 2.24) is 0 Å². The molecule has 0 aliphatic rings. The van der Waals surface area contributed by atoms with E-state index < -0.39 is 0 Å². The number of nitrogens with two attached hydrogens (primary N) is 1. The van der Waals surface area contributed by atoms with Crippen LogP contribution in [-0.2, 0) is 6.42 Å². The Labute approximate surface area is 103 Å². The van der Waals surface area contributed by atoms with Gasteiger partial charge in [-0.15, -0.1) is 0 Å². The van der Waals surface area contributed by atoms with Crippen LogP contribution in [0.4, 0.5) is 0 Å². The first-order valence-electron chi connectivity index (χ1n) is 5.76. The molecule has 0 aromatic heterocycles. The Hall–Kier alpha value is -1.42. The van der Waals surface area contributed by atoms with Crippen LogP contribution in [0.2, 0.25) is 0 Å². The van der Waals surface area contributed by atoms with E-state index in [2.05, 4.69) is 0 Å². The number of hydrogen-bond donors (Lipinski definition) is 1. The summed E-state index contributed by atoms with van der Waals surface area (Å²) >= 11 is 0. The van der Waals surface area contributed by atoms with Crippen LogP contribution in [0.15, 0.2) is 12.1 Å². The summed E-state index contributed by atoms with van der Waals surface area (Å²) < 4.78 is 16.0. The van der Waals surface area contributed by atoms with Crippen LogP contribution in [0.25, 0.3) is 0 Å². The molecule has 0 spiro atoms. The number of rotatable bonds is 7. The third kappa shape index (κ3) is 3.27. The predicted molar refractivity (Wildman–Crippen MR) is 68.1 cm³/mol. The lowest BCUT2D eigenvalue weighted by molar-refractivity contribution is 0.322. The van der Waals surface area contributed by atoms with Gasteiger partial charge in [0.15, 0.2) is 11.5 Å². The molecule has 0 bridgehead atoms. The third-order valence-corrected chi connectivity index (χ3v) is 2.69. The summed E-state index contributed by atoms with van der Waals surface area (Å²) in [6.07, 6.45) is 2.99. The fraction of sp³-hybridized carbons (Fsp3) is 0.538. The summed E-state index contributed by atoms with van der Waals surface area (Å²) in [6, 6.07) is 3.91. The molecule has 0 amide bonds. The Kier molecular flexibility index (Phi) is 5.63. The SMILES string of the molecule is COc1ccc(CCCCN)c(OC)c1OC. The highest BCUT2D eigenvalue weighted by atomic mass is 16.5. The van der Waals surface area contributed by atoms with E-state index in [1.54, 1.807) is 21.3 Å². The van der Waals surface area contributed by atoms with Crippen molar-refractivity contribution in [2.75, 3.05) is 27.9 Å². The van der Waals surface area contributed by atoms with Crippen molar-refractivity contribution < 1.29 is 14.2 Å². The first-order valence-corrected chi connectivity index (χ1v) is 5.76. The van der Waals surface area contributed by atoms with Crippen LogP contribution >= 0.6 is 0 Å². The summed E-state index contributed by atoms with van der Waals surface area (Å²) in [4.78, 5) is 0. The summed E-state index contributed by atoms with van der Waals surface area (Å²) in [5, 5.41) is 0. The number of methoxy groups -OCH3 is 3. The lowest BCUT2D eigenvalue weighted by Gasteiger charge is -2.15. The fourth-order valence-electron chi connectivity index (χ4n) is 1.82. The lowest BCUT2D eigenvalue weighted by atomic mass is 10.1.